The monoisotopic (exact) mass is 344 g/mol. The van der Waals surface area contributed by atoms with E-state index in [0.717, 1.165) is 16.3 Å². The average Bonchev–Trinajstić information content (AvgIpc) is 2.58. The second kappa shape index (κ2) is 8.02. The number of nitrogens with two attached hydrogens (primary N) is 1. The van der Waals surface area contributed by atoms with Crippen LogP contribution in [-0.4, -0.2) is 0 Å². The molecule has 2 nitrogen and oxygen atoms in total. The smallest absolute Gasteiger partial charge is 0.0592 e. The Morgan fingerprint density at radius 3 is 1.91 bits per heavy atom. The Labute approximate surface area is 147 Å². The molecule has 0 saturated heterocycles. The van der Waals surface area contributed by atoms with Crippen LogP contribution in [0.3, 0.4) is 0 Å². The average molecular weight is 345 g/mol. The highest BCUT2D eigenvalue weighted by Gasteiger charge is 2.04. The molecule has 0 aliphatic rings. The lowest BCUT2D eigenvalue weighted by molar-refractivity contribution is 0.853. The summed E-state index contributed by atoms with van der Waals surface area (Å²) < 4.78 is 0. The lowest BCUT2D eigenvalue weighted by Crippen LogP contribution is -2.29. The number of benzene rings is 3. The van der Waals surface area contributed by atoms with E-state index >= 15 is 0 Å². The molecule has 0 bridgehead atoms. The van der Waals surface area contributed by atoms with Crippen LogP contribution in [0.15, 0.2) is 78.9 Å². The summed E-state index contributed by atoms with van der Waals surface area (Å²) in [6, 6.07) is 26.3. The second-order valence-corrected chi connectivity index (χ2v) is 5.60. The van der Waals surface area contributed by atoms with Gasteiger partial charge in [0.1, 0.15) is 0 Å². The van der Waals surface area contributed by atoms with Crippen molar-refractivity contribution in [1.82, 2.24) is 0 Å². The summed E-state index contributed by atoms with van der Waals surface area (Å²) in [5.41, 5.74) is 4.49. The van der Waals surface area contributed by atoms with Gasteiger partial charge in [-0.25, -0.2) is 5.84 Å². The molecule has 2 N–H and O–H groups in total. The number of anilines is 1. The van der Waals surface area contributed by atoms with Crippen LogP contribution in [0, 0.1) is 0 Å². The van der Waals surface area contributed by atoms with E-state index in [0.29, 0.717) is 6.54 Å². The van der Waals surface area contributed by atoms with Gasteiger partial charge in [-0.1, -0.05) is 66.2 Å². The molecule has 0 unspecified atom stereocenters. The lowest BCUT2D eigenvalue weighted by Gasteiger charge is -2.19. The van der Waals surface area contributed by atoms with E-state index in [2.05, 4.69) is 24.3 Å². The highest BCUT2D eigenvalue weighted by molar-refractivity contribution is 6.30. The normalized spacial score (nSPS) is 10.0. The number of rotatable bonds is 4. The van der Waals surface area contributed by atoms with E-state index in [9.17, 15) is 0 Å². The van der Waals surface area contributed by atoms with Crippen molar-refractivity contribution in [3.8, 4) is 11.1 Å². The minimum Gasteiger partial charge on any atom is -0.307 e. The first-order valence-electron chi connectivity index (χ1n) is 7.14. The summed E-state index contributed by atoms with van der Waals surface area (Å²) in [7, 11) is 0. The summed E-state index contributed by atoms with van der Waals surface area (Å²) in [5.74, 6) is 6.15. The molecule has 3 aromatic carbocycles. The zero-order valence-electron chi connectivity index (χ0n) is 12.5. The molecular weight excluding hydrogens is 327 g/mol. The zero-order valence-corrected chi connectivity index (χ0v) is 14.1. The summed E-state index contributed by atoms with van der Waals surface area (Å²) in [6.07, 6.45) is 0. The van der Waals surface area contributed by atoms with Crippen LogP contribution in [-0.2, 0) is 6.54 Å². The van der Waals surface area contributed by atoms with E-state index in [1.54, 1.807) is 5.01 Å². The fraction of sp³-hybridized carbons (Fsp3) is 0.0526. The SMILES string of the molecule is Cl.NN(Cc1ccc(Cl)cc1)c1ccc(-c2ccccc2)cc1. The summed E-state index contributed by atoms with van der Waals surface area (Å²) in [4.78, 5) is 0. The molecule has 0 heterocycles. The number of halogens is 2. The van der Waals surface area contributed by atoms with Gasteiger partial charge in [0.05, 0.1) is 12.2 Å². The van der Waals surface area contributed by atoms with Crippen LogP contribution in [0.2, 0.25) is 5.02 Å². The van der Waals surface area contributed by atoms with Crippen LogP contribution >= 0.6 is 24.0 Å². The minimum absolute atomic E-state index is 0. The van der Waals surface area contributed by atoms with Crippen LogP contribution in [0.4, 0.5) is 5.69 Å². The van der Waals surface area contributed by atoms with E-state index in [4.69, 9.17) is 17.4 Å². The van der Waals surface area contributed by atoms with Gasteiger partial charge in [0.25, 0.3) is 0 Å². The van der Waals surface area contributed by atoms with Crippen molar-refractivity contribution >= 4 is 29.7 Å². The van der Waals surface area contributed by atoms with E-state index < -0.39 is 0 Å². The van der Waals surface area contributed by atoms with Gasteiger partial charge in [-0.15, -0.1) is 12.4 Å². The van der Waals surface area contributed by atoms with Crippen molar-refractivity contribution in [2.75, 3.05) is 5.01 Å². The predicted molar refractivity (Wildman–Crippen MR) is 101 cm³/mol. The quantitative estimate of drug-likeness (QED) is 0.513. The molecule has 0 spiro atoms. The van der Waals surface area contributed by atoms with Crippen molar-refractivity contribution in [2.24, 2.45) is 5.84 Å². The molecule has 0 aliphatic heterocycles. The first-order valence-corrected chi connectivity index (χ1v) is 7.52. The standard InChI is InChI=1S/C19H17ClN2.ClH/c20-18-10-6-15(7-11-18)14-22(21)19-12-8-17(9-13-19)16-4-2-1-3-5-16;/h1-13H,14,21H2;1H. The number of hydrogen-bond donors (Lipinski definition) is 1. The van der Waals surface area contributed by atoms with Crippen molar-refractivity contribution in [1.29, 1.82) is 0 Å². The molecule has 0 atom stereocenters. The number of hydrazine groups is 1. The topological polar surface area (TPSA) is 29.3 Å². The molecule has 118 valence electrons. The van der Waals surface area contributed by atoms with Gasteiger partial charge >= 0.3 is 0 Å². The molecule has 0 aromatic heterocycles. The van der Waals surface area contributed by atoms with Crippen LogP contribution in [0.25, 0.3) is 11.1 Å². The van der Waals surface area contributed by atoms with Gasteiger partial charge in [0, 0.05) is 5.02 Å². The minimum atomic E-state index is 0. The number of nitrogens with zero attached hydrogens (tertiary/aromatic N) is 1. The molecule has 0 saturated carbocycles. The molecule has 0 amide bonds. The van der Waals surface area contributed by atoms with Gasteiger partial charge in [0.15, 0.2) is 0 Å². The van der Waals surface area contributed by atoms with Gasteiger partial charge < -0.3 is 5.01 Å². The third-order valence-electron chi connectivity index (χ3n) is 3.57. The Morgan fingerprint density at radius 1 is 0.739 bits per heavy atom. The summed E-state index contributed by atoms with van der Waals surface area (Å²) in [6.45, 7) is 0.641. The third kappa shape index (κ3) is 4.49. The maximum Gasteiger partial charge on any atom is 0.0592 e. The summed E-state index contributed by atoms with van der Waals surface area (Å²) in [5, 5.41) is 2.47. The molecule has 4 heteroatoms. The first kappa shape index (κ1) is 17.4. The van der Waals surface area contributed by atoms with Crippen molar-refractivity contribution in [2.45, 2.75) is 6.54 Å². The molecule has 0 aliphatic carbocycles. The van der Waals surface area contributed by atoms with Gasteiger partial charge in [0.2, 0.25) is 0 Å². The van der Waals surface area contributed by atoms with Crippen LogP contribution < -0.4 is 10.9 Å². The molecule has 3 aromatic rings. The maximum atomic E-state index is 6.15. The van der Waals surface area contributed by atoms with E-state index in [1.165, 1.54) is 11.1 Å². The van der Waals surface area contributed by atoms with Crippen molar-refractivity contribution in [3.05, 3.63) is 89.4 Å². The Kier molecular flexibility index (Phi) is 6.05. The molecule has 0 radical (unpaired) electrons. The number of hydrogen-bond acceptors (Lipinski definition) is 2. The third-order valence-corrected chi connectivity index (χ3v) is 3.82. The lowest BCUT2D eigenvalue weighted by atomic mass is 10.1. The predicted octanol–water partition coefficient (Wildman–Crippen LogP) is 5.31. The Morgan fingerprint density at radius 2 is 1.30 bits per heavy atom. The van der Waals surface area contributed by atoms with Crippen molar-refractivity contribution in [3.63, 3.8) is 0 Å². The van der Waals surface area contributed by atoms with E-state index in [-0.39, 0.29) is 12.4 Å². The fourth-order valence-corrected chi connectivity index (χ4v) is 2.48. The molecular formula is C19H18Cl2N2. The van der Waals surface area contributed by atoms with Gasteiger partial charge in [-0.2, -0.15) is 0 Å². The maximum absolute atomic E-state index is 6.15. The molecule has 3 rings (SSSR count). The summed E-state index contributed by atoms with van der Waals surface area (Å²) >= 11 is 5.90. The Hall–Kier alpha value is -2.00. The van der Waals surface area contributed by atoms with Gasteiger partial charge in [-0.05, 0) is 41.0 Å². The Bertz CT molecular complexity index is 726. The highest BCUT2D eigenvalue weighted by atomic mass is 35.5. The zero-order chi connectivity index (χ0) is 15.4. The second-order valence-electron chi connectivity index (χ2n) is 5.17. The van der Waals surface area contributed by atoms with Gasteiger partial charge in [-0.3, -0.25) is 0 Å². The van der Waals surface area contributed by atoms with Crippen LogP contribution in [0.5, 0.6) is 0 Å². The van der Waals surface area contributed by atoms with Crippen LogP contribution in [0.1, 0.15) is 5.56 Å². The molecule has 23 heavy (non-hydrogen) atoms. The Balaban J connectivity index is 0.00000192. The largest absolute Gasteiger partial charge is 0.307 e. The van der Waals surface area contributed by atoms with Crippen molar-refractivity contribution < 1.29 is 0 Å². The highest BCUT2D eigenvalue weighted by Crippen LogP contribution is 2.23. The molecule has 0 fully saturated rings. The fourth-order valence-electron chi connectivity index (χ4n) is 2.35. The first-order chi connectivity index (χ1) is 10.7. The van der Waals surface area contributed by atoms with E-state index in [1.807, 2.05) is 54.6 Å².